The summed E-state index contributed by atoms with van der Waals surface area (Å²) in [4.78, 5) is 14.1. The fraction of sp³-hybridized carbons (Fsp3) is 0.412. The van der Waals surface area contributed by atoms with Crippen molar-refractivity contribution >= 4 is 17.7 Å². The van der Waals surface area contributed by atoms with Crippen LogP contribution < -0.4 is 10.2 Å². The van der Waals surface area contributed by atoms with Crippen LogP contribution in [0.4, 0.5) is 5.69 Å². The number of nitrogens with one attached hydrogen (secondary N) is 1. The van der Waals surface area contributed by atoms with Gasteiger partial charge in [-0.25, -0.2) is 0 Å². The van der Waals surface area contributed by atoms with Gasteiger partial charge in [-0.3, -0.25) is 4.79 Å². The molecule has 21 heavy (non-hydrogen) atoms. The molecule has 1 aromatic rings. The minimum atomic E-state index is -0.271. The molecule has 0 heterocycles. The number of hydrogen-bond donors (Lipinski definition) is 1. The molecule has 1 saturated carbocycles. The van der Waals surface area contributed by atoms with E-state index in [0.717, 1.165) is 37.2 Å². The molecular formula is C17H21N3O. The Hall–Kier alpha value is -2.28. The first-order valence-electron chi connectivity index (χ1n) is 7.45. The van der Waals surface area contributed by atoms with Crippen molar-refractivity contribution in [2.75, 3.05) is 18.0 Å². The molecule has 0 bridgehead atoms. The van der Waals surface area contributed by atoms with E-state index in [0.29, 0.717) is 0 Å². The molecule has 4 heteroatoms. The number of nitrogens with zero attached hydrogens (tertiary/aromatic N) is 2. The lowest BCUT2D eigenvalue weighted by molar-refractivity contribution is -0.117. The summed E-state index contributed by atoms with van der Waals surface area (Å²) >= 11 is 0. The van der Waals surface area contributed by atoms with Gasteiger partial charge in [-0.1, -0.05) is 12.1 Å². The topological polar surface area (TPSA) is 56.1 Å². The van der Waals surface area contributed by atoms with E-state index in [1.54, 1.807) is 6.08 Å². The minimum absolute atomic E-state index is 0.164. The normalized spacial score (nSPS) is 14.4. The number of carbonyl (C=O) groups excluding carboxylic acids is 1. The van der Waals surface area contributed by atoms with Gasteiger partial charge in [0.25, 0.3) is 5.91 Å². The molecule has 1 aliphatic rings. The molecule has 4 nitrogen and oxygen atoms in total. The molecule has 0 radical (unpaired) electrons. The van der Waals surface area contributed by atoms with E-state index < -0.39 is 0 Å². The molecule has 0 unspecified atom stereocenters. The number of benzene rings is 1. The highest BCUT2D eigenvalue weighted by molar-refractivity contribution is 6.02. The van der Waals surface area contributed by atoms with E-state index in [2.05, 4.69) is 24.1 Å². The third-order valence-electron chi connectivity index (χ3n) is 3.61. The predicted octanol–water partition coefficient (Wildman–Crippen LogP) is 2.72. The van der Waals surface area contributed by atoms with Crippen molar-refractivity contribution in [3.63, 3.8) is 0 Å². The fourth-order valence-corrected chi connectivity index (χ4v) is 2.18. The van der Waals surface area contributed by atoms with Gasteiger partial charge in [0.2, 0.25) is 0 Å². The molecule has 110 valence electrons. The van der Waals surface area contributed by atoms with Gasteiger partial charge >= 0.3 is 0 Å². The van der Waals surface area contributed by atoms with Crippen LogP contribution in [-0.2, 0) is 4.79 Å². The largest absolute Gasteiger partial charge is 0.372 e. The number of carbonyl (C=O) groups is 1. The third-order valence-corrected chi connectivity index (χ3v) is 3.61. The first kappa shape index (κ1) is 15.1. The Labute approximate surface area is 126 Å². The van der Waals surface area contributed by atoms with Gasteiger partial charge in [-0.2, -0.15) is 5.26 Å². The Bertz CT molecular complexity index is 561. The van der Waals surface area contributed by atoms with Gasteiger partial charge in [-0.05, 0) is 50.5 Å². The average Bonchev–Trinajstić information content (AvgIpc) is 3.31. The predicted molar refractivity (Wildman–Crippen MR) is 84.8 cm³/mol. The molecule has 1 aliphatic carbocycles. The molecule has 0 aliphatic heterocycles. The second kappa shape index (κ2) is 6.94. The van der Waals surface area contributed by atoms with Crippen LogP contribution in [0, 0.1) is 11.3 Å². The number of amides is 1. The van der Waals surface area contributed by atoms with E-state index in [1.165, 1.54) is 0 Å². The number of anilines is 1. The lowest BCUT2D eigenvalue weighted by Gasteiger charge is -2.20. The maximum atomic E-state index is 11.9. The first-order chi connectivity index (χ1) is 10.2. The summed E-state index contributed by atoms with van der Waals surface area (Å²) in [5.74, 6) is -0.271. The summed E-state index contributed by atoms with van der Waals surface area (Å²) in [7, 11) is 0. The van der Waals surface area contributed by atoms with Crippen LogP contribution in [0.25, 0.3) is 6.08 Å². The van der Waals surface area contributed by atoms with Gasteiger partial charge in [-0.15, -0.1) is 0 Å². The van der Waals surface area contributed by atoms with Gasteiger partial charge in [0.1, 0.15) is 11.6 Å². The summed E-state index contributed by atoms with van der Waals surface area (Å²) < 4.78 is 0. The van der Waals surface area contributed by atoms with Gasteiger partial charge in [0.15, 0.2) is 0 Å². The lowest BCUT2D eigenvalue weighted by Crippen LogP contribution is -2.26. The summed E-state index contributed by atoms with van der Waals surface area (Å²) in [6, 6.07) is 10.2. The molecular weight excluding hydrogens is 262 g/mol. The zero-order valence-electron chi connectivity index (χ0n) is 12.6. The van der Waals surface area contributed by atoms with Crippen molar-refractivity contribution in [1.82, 2.24) is 5.32 Å². The van der Waals surface area contributed by atoms with Crippen LogP contribution >= 0.6 is 0 Å². The maximum Gasteiger partial charge on any atom is 0.262 e. The molecule has 0 spiro atoms. The Morgan fingerprint density at radius 1 is 1.33 bits per heavy atom. The second-order valence-corrected chi connectivity index (χ2v) is 5.18. The quantitative estimate of drug-likeness (QED) is 0.645. The van der Waals surface area contributed by atoms with E-state index in [1.807, 2.05) is 30.3 Å². The lowest BCUT2D eigenvalue weighted by atomic mass is 10.1. The van der Waals surface area contributed by atoms with Crippen LogP contribution in [0.5, 0.6) is 0 Å². The molecule has 0 aromatic heterocycles. The fourth-order valence-electron chi connectivity index (χ4n) is 2.18. The number of rotatable bonds is 6. The summed E-state index contributed by atoms with van der Waals surface area (Å²) in [6.45, 7) is 6.15. The molecule has 1 amide bonds. The highest BCUT2D eigenvalue weighted by Gasteiger charge is 2.24. The zero-order valence-corrected chi connectivity index (χ0v) is 12.6. The molecule has 2 rings (SSSR count). The Balaban J connectivity index is 2.11. The minimum Gasteiger partial charge on any atom is -0.372 e. The second-order valence-electron chi connectivity index (χ2n) is 5.18. The molecule has 1 aromatic carbocycles. The molecule has 1 fully saturated rings. The third kappa shape index (κ3) is 4.09. The van der Waals surface area contributed by atoms with E-state index >= 15 is 0 Å². The first-order valence-corrected chi connectivity index (χ1v) is 7.45. The smallest absolute Gasteiger partial charge is 0.262 e. The Kier molecular flexibility index (Phi) is 4.99. The van der Waals surface area contributed by atoms with Crippen LogP contribution in [-0.4, -0.2) is 25.0 Å². The van der Waals surface area contributed by atoms with Crippen molar-refractivity contribution < 1.29 is 4.79 Å². The standard InChI is InChI=1S/C17H21N3O/c1-3-20(4-2)16-9-5-13(6-10-16)11-14(12-18)17(21)19-15-7-8-15/h5-6,9-11,15H,3-4,7-8H2,1-2H3,(H,19,21)/b14-11+. The van der Waals surface area contributed by atoms with Crippen LogP contribution in [0.2, 0.25) is 0 Å². The van der Waals surface area contributed by atoms with Gasteiger partial charge in [0, 0.05) is 24.8 Å². The highest BCUT2D eigenvalue weighted by atomic mass is 16.1. The average molecular weight is 283 g/mol. The van der Waals surface area contributed by atoms with Crippen molar-refractivity contribution in [1.29, 1.82) is 5.26 Å². The summed E-state index contributed by atoms with van der Waals surface area (Å²) in [6.07, 6.45) is 3.68. The Morgan fingerprint density at radius 3 is 2.43 bits per heavy atom. The van der Waals surface area contributed by atoms with Crippen molar-refractivity contribution in [2.24, 2.45) is 0 Å². The van der Waals surface area contributed by atoms with Crippen molar-refractivity contribution in [2.45, 2.75) is 32.7 Å². The Morgan fingerprint density at radius 2 is 1.95 bits per heavy atom. The number of nitriles is 1. The van der Waals surface area contributed by atoms with E-state index in [9.17, 15) is 4.79 Å². The monoisotopic (exact) mass is 283 g/mol. The van der Waals surface area contributed by atoms with Gasteiger partial charge < -0.3 is 10.2 Å². The van der Waals surface area contributed by atoms with Crippen molar-refractivity contribution in [3.8, 4) is 6.07 Å². The number of hydrogen-bond acceptors (Lipinski definition) is 3. The van der Waals surface area contributed by atoms with E-state index in [4.69, 9.17) is 5.26 Å². The molecule has 0 atom stereocenters. The van der Waals surface area contributed by atoms with Crippen LogP contribution in [0.15, 0.2) is 29.8 Å². The van der Waals surface area contributed by atoms with E-state index in [-0.39, 0.29) is 17.5 Å². The molecule has 0 saturated heterocycles. The highest BCUT2D eigenvalue weighted by Crippen LogP contribution is 2.20. The molecule has 1 N–H and O–H groups in total. The van der Waals surface area contributed by atoms with Gasteiger partial charge in [0.05, 0.1) is 0 Å². The van der Waals surface area contributed by atoms with Crippen LogP contribution in [0.3, 0.4) is 0 Å². The maximum absolute atomic E-state index is 11.9. The summed E-state index contributed by atoms with van der Waals surface area (Å²) in [5, 5.41) is 12.0. The zero-order chi connectivity index (χ0) is 15.2. The van der Waals surface area contributed by atoms with Crippen molar-refractivity contribution in [3.05, 3.63) is 35.4 Å². The van der Waals surface area contributed by atoms with Crippen LogP contribution in [0.1, 0.15) is 32.3 Å². The summed E-state index contributed by atoms with van der Waals surface area (Å²) in [5.41, 5.74) is 2.18. The SMILES string of the molecule is CCN(CC)c1ccc(/C=C(\C#N)C(=O)NC2CC2)cc1.